The van der Waals surface area contributed by atoms with Crippen LogP contribution < -0.4 is 10.9 Å². The molecule has 1 aromatic heterocycles. The summed E-state index contributed by atoms with van der Waals surface area (Å²) in [6, 6.07) is 7.96. The van der Waals surface area contributed by atoms with Crippen LogP contribution in [-0.4, -0.2) is 24.9 Å². The molecule has 0 aliphatic heterocycles. The number of carbonyl (C=O) groups is 3. The fourth-order valence-corrected chi connectivity index (χ4v) is 4.23. The standard InChI is InChI=1S/C20H22N2O4S/c1-26-20(25)14-10-8-13(9-11-14)18(23)21-22-19(24)17-12-15-6-4-2-3-5-7-16(15)27-17/h8-12H,2-7H2,1H3,(H,21,23)(H,22,24). The lowest BCUT2D eigenvalue weighted by atomic mass is 10.00. The SMILES string of the molecule is COC(=O)c1ccc(C(=O)NNC(=O)c2cc3c(s2)CCCCCC3)cc1. The van der Waals surface area contributed by atoms with Crippen molar-refractivity contribution in [2.24, 2.45) is 0 Å². The molecule has 1 heterocycles. The Bertz CT molecular complexity index is 817. The van der Waals surface area contributed by atoms with Gasteiger partial charge in [0, 0.05) is 10.4 Å². The molecule has 0 radical (unpaired) electrons. The summed E-state index contributed by atoms with van der Waals surface area (Å²) in [6.45, 7) is 0. The topological polar surface area (TPSA) is 84.5 Å². The van der Waals surface area contributed by atoms with Gasteiger partial charge in [0.05, 0.1) is 17.6 Å². The van der Waals surface area contributed by atoms with Crippen LogP contribution in [0.15, 0.2) is 30.3 Å². The number of thiophene rings is 1. The van der Waals surface area contributed by atoms with Crippen LogP contribution in [0, 0.1) is 0 Å². The zero-order chi connectivity index (χ0) is 19.2. The Morgan fingerprint density at radius 1 is 0.889 bits per heavy atom. The van der Waals surface area contributed by atoms with E-state index in [4.69, 9.17) is 0 Å². The van der Waals surface area contributed by atoms with Gasteiger partial charge in [0.25, 0.3) is 11.8 Å². The third kappa shape index (κ3) is 4.74. The Balaban J connectivity index is 1.59. The minimum atomic E-state index is -0.469. The van der Waals surface area contributed by atoms with Gasteiger partial charge in [-0.3, -0.25) is 20.4 Å². The average Bonchev–Trinajstić information content (AvgIpc) is 3.07. The molecular formula is C20H22N2O4S. The minimum absolute atomic E-state index is 0.314. The molecule has 6 nitrogen and oxygen atoms in total. The van der Waals surface area contributed by atoms with Crippen LogP contribution in [0.1, 0.15) is 66.5 Å². The zero-order valence-electron chi connectivity index (χ0n) is 15.2. The van der Waals surface area contributed by atoms with Gasteiger partial charge in [-0.2, -0.15) is 0 Å². The number of hydrogen-bond acceptors (Lipinski definition) is 5. The highest BCUT2D eigenvalue weighted by atomic mass is 32.1. The minimum Gasteiger partial charge on any atom is -0.465 e. The quantitative estimate of drug-likeness (QED) is 0.626. The maximum Gasteiger partial charge on any atom is 0.337 e. The first-order valence-corrected chi connectivity index (χ1v) is 9.81. The summed E-state index contributed by atoms with van der Waals surface area (Å²) in [7, 11) is 1.30. The Morgan fingerprint density at radius 3 is 2.22 bits per heavy atom. The lowest BCUT2D eigenvalue weighted by molar-refractivity contribution is 0.0600. The lowest BCUT2D eigenvalue weighted by Gasteiger charge is -2.07. The van der Waals surface area contributed by atoms with E-state index in [1.807, 2.05) is 6.07 Å². The molecule has 27 heavy (non-hydrogen) atoms. The predicted molar refractivity (Wildman–Crippen MR) is 103 cm³/mol. The Labute approximate surface area is 161 Å². The van der Waals surface area contributed by atoms with Crippen LogP contribution in [0.25, 0.3) is 0 Å². The van der Waals surface area contributed by atoms with Gasteiger partial charge in [-0.1, -0.05) is 12.8 Å². The van der Waals surface area contributed by atoms with Crippen molar-refractivity contribution in [2.45, 2.75) is 38.5 Å². The second-order valence-electron chi connectivity index (χ2n) is 6.45. The number of hydrazine groups is 1. The van der Waals surface area contributed by atoms with E-state index < -0.39 is 11.9 Å². The van der Waals surface area contributed by atoms with E-state index in [0.29, 0.717) is 16.0 Å². The fourth-order valence-electron chi connectivity index (χ4n) is 3.08. The Morgan fingerprint density at radius 2 is 1.52 bits per heavy atom. The number of fused-ring (bicyclic) bond motifs is 1. The van der Waals surface area contributed by atoms with Gasteiger partial charge in [-0.05, 0) is 61.6 Å². The molecule has 1 aliphatic rings. The fraction of sp³-hybridized carbons (Fsp3) is 0.350. The van der Waals surface area contributed by atoms with Crippen LogP contribution in [0.2, 0.25) is 0 Å². The molecule has 0 saturated heterocycles. The van der Waals surface area contributed by atoms with E-state index in [2.05, 4.69) is 15.6 Å². The molecule has 0 fully saturated rings. The first kappa shape index (κ1) is 19.1. The first-order valence-electron chi connectivity index (χ1n) is 8.99. The Hall–Kier alpha value is -2.67. The van der Waals surface area contributed by atoms with Gasteiger partial charge < -0.3 is 4.74 Å². The van der Waals surface area contributed by atoms with Crippen molar-refractivity contribution in [1.29, 1.82) is 0 Å². The molecule has 2 amide bonds. The van der Waals surface area contributed by atoms with Crippen molar-refractivity contribution in [2.75, 3.05) is 7.11 Å². The molecule has 0 spiro atoms. The highest BCUT2D eigenvalue weighted by Crippen LogP contribution is 2.28. The number of ether oxygens (including phenoxy) is 1. The molecule has 142 valence electrons. The molecule has 1 aromatic carbocycles. The largest absolute Gasteiger partial charge is 0.465 e. The molecule has 3 rings (SSSR count). The van der Waals surface area contributed by atoms with Crippen molar-refractivity contribution in [1.82, 2.24) is 10.9 Å². The van der Waals surface area contributed by atoms with Gasteiger partial charge in [0.1, 0.15) is 0 Å². The van der Waals surface area contributed by atoms with E-state index >= 15 is 0 Å². The van der Waals surface area contributed by atoms with Crippen LogP contribution in [0.3, 0.4) is 0 Å². The van der Waals surface area contributed by atoms with Gasteiger partial charge in [-0.25, -0.2) is 4.79 Å². The number of hydrogen-bond donors (Lipinski definition) is 2. The van der Waals surface area contributed by atoms with Crippen molar-refractivity contribution in [3.05, 3.63) is 56.8 Å². The number of nitrogens with one attached hydrogen (secondary N) is 2. The summed E-state index contributed by atoms with van der Waals surface area (Å²) >= 11 is 1.51. The second-order valence-corrected chi connectivity index (χ2v) is 7.59. The molecule has 7 heteroatoms. The normalized spacial score (nSPS) is 13.7. The third-order valence-corrected chi connectivity index (χ3v) is 5.81. The van der Waals surface area contributed by atoms with Crippen LogP contribution >= 0.6 is 11.3 Å². The van der Waals surface area contributed by atoms with E-state index in [-0.39, 0.29) is 5.91 Å². The predicted octanol–water partition coefficient (Wildman–Crippen LogP) is 3.27. The maximum absolute atomic E-state index is 12.4. The molecular weight excluding hydrogens is 364 g/mol. The highest BCUT2D eigenvalue weighted by Gasteiger charge is 2.17. The molecule has 0 unspecified atom stereocenters. The van der Waals surface area contributed by atoms with E-state index in [0.717, 1.165) is 25.7 Å². The van der Waals surface area contributed by atoms with Crippen molar-refractivity contribution in [3.63, 3.8) is 0 Å². The molecule has 0 bridgehead atoms. The smallest absolute Gasteiger partial charge is 0.337 e. The number of esters is 1. The highest BCUT2D eigenvalue weighted by molar-refractivity contribution is 7.14. The van der Waals surface area contributed by atoms with Crippen LogP contribution in [-0.2, 0) is 17.6 Å². The zero-order valence-corrected chi connectivity index (χ0v) is 16.0. The number of amides is 2. The van der Waals surface area contributed by atoms with Gasteiger partial charge >= 0.3 is 5.97 Å². The lowest BCUT2D eigenvalue weighted by Crippen LogP contribution is -2.41. The van der Waals surface area contributed by atoms with Gasteiger partial charge in [-0.15, -0.1) is 11.3 Å². The number of rotatable bonds is 3. The van der Waals surface area contributed by atoms with E-state index in [9.17, 15) is 14.4 Å². The van der Waals surface area contributed by atoms with Crippen molar-refractivity contribution < 1.29 is 19.1 Å². The molecule has 1 aliphatic carbocycles. The second kappa shape index (κ2) is 8.81. The van der Waals surface area contributed by atoms with Gasteiger partial charge in [0.2, 0.25) is 0 Å². The monoisotopic (exact) mass is 386 g/mol. The van der Waals surface area contributed by atoms with Crippen LogP contribution in [0.5, 0.6) is 0 Å². The third-order valence-electron chi connectivity index (χ3n) is 4.58. The first-order chi connectivity index (χ1) is 13.1. The van der Waals surface area contributed by atoms with Crippen molar-refractivity contribution in [3.8, 4) is 0 Å². The number of benzene rings is 1. The summed E-state index contributed by atoms with van der Waals surface area (Å²) in [5, 5.41) is 0. The molecule has 2 N–H and O–H groups in total. The summed E-state index contributed by atoms with van der Waals surface area (Å²) < 4.78 is 4.62. The Kier molecular flexibility index (Phi) is 6.24. The molecule has 0 atom stereocenters. The van der Waals surface area contributed by atoms with Gasteiger partial charge in [0.15, 0.2) is 0 Å². The van der Waals surface area contributed by atoms with Crippen molar-refractivity contribution >= 4 is 29.1 Å². The maximum atomic E-state index is 12.4. The molecule has 0 saturated carbocycles. The number of methoxy groups -OCH3 is 1. The van der Waals surface area contributed by atoms with E-state index in [1.54, 1.807) is 0 Å². The number of aryl methyl sites for hydroxylation is 2. The van der Waals surface area contributed by atoms with Crippen LogP contribution in [0.4, 0.5) is 0 Å². The van der Waals surface area contributed by atoms with E-state index in [1.165, 1.54) is 66.0 Å². The summed E-state index contributed by atoms with van der Waals surface area (Å²) in [6.07, 6.45) is 6.82. The number of carbonyl (C=O) groups excluding carboxylic acids is 3. The summed E-state index contributed by atoms with van der Waals surface area (Å²) in [4.78, 5) is 37.9. The molecule has 2 aromatic rings. The summed E-state index contributed by atoms with van der Waals surface area (Å²) in [5.41, 5.74) is 6.83. The average molecular weight is 386 g/mol. The summed E-state index contributed by atoms with van der Waals surface area (Å²) in [5.74, 6) is -1.23.